The maximum atomic E-state index is 10.3. The van der Waals surface area contributed by atoms with Gasteiger partial charge in [0.25, 0.3) is 0 Å². The number of carboxylic acid groups (broad SMARTS) is 1. The SMILES string of the molecule is C=C(C/C=C(\C)C(=O)O)OC. The Labute approximate surface area is 66.0 Å². The number of carbonyl (C=O) groups is 1. The average molecular weight is 156 g/mol. The van der Waals surface area contributed by atoms with E-state index in [1.807, 2.05) is 0 Å². The van der Waals surface area contributed by atoms with Crippen molar-refractivity contribution in [3.05, 3.63) is 24.0 Å². The lowest BCUT2D eigenvalue weighted by Gasteiger charge is -1.98. The average Bonchev–Trinajstić information content (AvgIpc) is 1.99. The normalized spacial score (nSPS) is 10.9. The van der Waals surface area contributed by atoms with Gasteiger partial charge < -0.3 is 9.84 Å². The highest BCUT2D eigenvalue weighted by Crippen LogP contribution is 2.02. The lowest BCUT2D eigenvalue weighted by molar-refractivity contribution is -0.132. The van der Waals surface area contributed by atoms with E-state index in [2.05, 4.69) is 6.58 Å². The van der Waals surface area contributed by atoms with E-state index in [9.17, 15) is 4.79 Å². The van der Waals surface area contributed by atoms with Crippen molar-refractivity contribution < 1.29 is 14.6 Å². The number of ether oxygens (including phenoxy) is 1. The van der Waals surface area contributed by atoms with Crippen LogP contribution in [-0.4, -0.2) is 18.2 Å². The van der Waals surface area contributed by atoms with E-state index < -0.39 is 5.97 Å². The van der Waals surface area contributed by atoms with Gasteiger partial charge in [-0.2, -0.15) is 0 Å². The molecule has 0 aliphatic rings. The fourth-order valence-electron chi connectivity index (χ4n) is 0.438. The highest BCUT2D eigenvalue weighted by Gasteiger charge is 1.98. The predicted molar refractivity (Wildman–Crippen MR) is 42.2 cm³/mol. The van der Waals surface area contributed by atoms with Gasteiger partial charge in [-0.15, -0.1) is 0 Å². The van der Waals surface area contributed by atoms with Gasteiger partial charge in [0.2, 0.25) is 0 Å². The van der Waals surface area contributed by atoms with Crippen LogP contribution in [0.1, 0.15) is 13.3 Å². The zero-order valence-electron chi connectivity index (χ0n) is 6.76. The number of rotatable bonds is 4. The molecule has 3 heteroatoms. The number of allylic oxidation sites excluding steroid dienone is 1. The van der Waals surface area contributed by atoms with Crippen LogP contribution in [0.5, 0.6) is 0 Å². The Morgan fingerprint density at radius 3 is 2.64 bits per heavy atom. The van der Waals surface area contributed by atoms with Crippen LogP contribution in [0.4, 0.5) is 0 Å². The summed E-state index contributed by atoms with van der Waals surface area (Å²) in [6, 6.07) is 0. The Balaban J connectivity index is 3.92. The number of methoxy groups -OCH3 is 1. The fraction of sp³-hybridized carbons (Fsp3) is 0.375. The van der Waals surface area contributed by atoms with Gasteiger partial charge in [0.1, 0.15) is 0 Å². The summed E-state index contributed by atoms with van der Waals surface area (Å²) in [5.41, 5.74) is 0.309. The summed E-state index contributed by atoms with van der Waals surface area (Å²) in [7, 11) is 1.51. The molecule has 0 bridgehead atoms. The summed E-state index contributed by atoms with van der Waals surface area (Å²) in [6.07, 6.45) is 2.02. The molecule has 0 fully saturated rings. The standard InChI is InChI=1S/C8H12O3/c1-6(8(9)10)4-5-7(2)11-3/h4H,2,5H2,1,3H3,(H,9,10)/b6-4+. The van der Waals surface area contributed by atoms with Crippen molar-refractivity contribution in [1.82, 2.24) is 0 Å². The Morgan fingerprint density at radius 1 is 1.73 bits per heavy atom. The number of hydrogen-bond acceptors (Lipinski definition) is 2. The van der Waals surface area contributed by atoms with Crippen LogP contribution in [0.25, 0.3) is 0 Å². The lowest BCUT2D eigenvalue weighted by Crippen LogP contribution is -1.96. The zero-order chi connectivity index (χ0) is 8.85. The minimum absolute atomic E-state index is 0.309. The molecule has 0 spiro atoms. The quantitative estimate of drug-likeness (QED) is 0.496. The second-order valence-electron chi connectivity index (χ2n) is 2.14. The molecule has 0 aromatic carbocycles. The first kappa shape index (κ1) is 9.75. The summed E-state index contributed by atoms with van der Waals surface area (Å²) < 4.78 is 4.75. The molecular weight excluding hydrogens is 144 g/mol. The van der Waals surface area contributed by atoms with Crippen molar-refractivity contribution in [2.75, 3.05) is 7.11 Å². The molecule has 0 atom stereocenters. The van der Waals surface area contributed by atoms with Crippen molar-refractivity contribution in [2.45, 2.75) is 13.3 Å². The zero-order valence-corrected chi connectivity index (χ0v) is 6.76. The third-order valence-electron chi connectivity index (χ3n) is 1.26. The van der Waals surface area contributed by atoms with E-state index in [4.69, 9.17) is 9.84 Å². The molecule has 3 nitrogen and oxygen atoms in total. The molecule has 0 aliphatic carbocycles. The lowest BCUT2D eigenvalue weighted by atomic mass is 10.2. The van der Waals surface area contributed by atoms with Gasteiger partial charge in [0.05, 0.1) is 12.9 Å². The van der Waals surface area contributed by atoms with Gasteiger partial charge in [-0.05, 0) is 6.92 Å². The molecule has 0 saturated heterocycles. The Hall–Kier alpha value is -1.25. The summed E-state index contributed by atoms with van der Waals surface area (Å²) in [4.78, 5) is 10.3. The van der Waals surface area contributed by atoms with Crippen LogP contribution in [-0.2, 0) is 9.53 Å². The highest BCUT2D eigenvalue weighted by molar-refractivity contribution is 5.85. The Bertz CT molecular complexity index is 192. The number of hydrogen-bond donors (Lipinski definition) is 1. The molecule has 0 amide bonds. The second-order valence-corrected chi connectivity index (χ2v) is 2.14. The van der Waals surface area contributed by atoms with Gasteiger partial charge in [-0.1, -0.05) is 12.7 Å². The Morgan fingerprint density at radius 2 is 2.27 bits per heavy atom. The molecular formula is C8H12O3. The van der Waals surface area contributed by atoms with Crippen LogP contribution in [0.2, 0.25) is 0 Å². The molecule has 0 saturated carbocycles. The molecule has 0 heterocycles. The summed E-state index contributed by atoms with van der Waals surface area (Å²) >= 11 is 0. The van der Waals surface area contributed by atoms with Crippen LogP contribution in [0.15, 0.2) is 24.0 Å². The fourth-order valence-corrected chi connectivity index (χ4v) is 0.438. The van der Waals surface area contributed by atoms with Gasteiger partial charge >= 0.3 is 5.97 Å². The smallest absolute Gasteiger partial charge is 0.330 e. The van der Waals surface area contributed by atoms with Crippen LogP contribution in [0, 0.1) is 0 Å². The van der Waals surface area contributed by atoms with Crippen molar-refractivity contribution in [2.24, 2.45) is 0 Å². The van der Waals surface area contributed by atoms with Crippen molar-refractivity contribution in [1.29, 1.82) is 0 Å². The van der Waals surface area contributed by atoms with E-state index in [0.29, 0.717) is 17.8 Å². The first-order valence-electron chi connectivity index (χ1n) is 3.19. The topological polar surface area (TPSA) is 46.5 Å². The number of aliphatic carboxylic acids is 1. The van der Waals surface area contributed by atoms with Crippen LogP contribution < -0.4 is 0 Å². The maximum absolute atomic E-state index is 10.3. The van der Waals surface area contributed by atoms with Crippen molar-refractivity contribution >= 4 is 5.97 Å². The first-order valence-corrected chi connectivity index (χ1v) is 3.19. The van der Waals surface area contributed by atoms with E-state index in [0.717, 1.165) is 0 Å². The monoisotopic (exact) mass is 156 g/mol. The Kier molecular flexibility index (Phi) is 4.03. The highest BCUT2D eigenvalue weighted by atomic mass is 16.5. The van der Waals surface area contributed by atoms with Crippen LogP contribution >= 0.6 is 0 Å². The number of carboxylic acids is 1. The van der Waals surface area contributed by atoms with E-state index in [-0.39, 0.29) is 0 Å². The first-order chi connectivity index (χ1) is 5.07. The predicted octanol–water partition coefficient (Wildman–Crippen LogP) is 1.57. The molecule has 0 radical (unpaired) electrons. The van der Waals surface area contributed by atoms with Gasteiger partial charge in [0, 0.05) is 12.0 Å². The minimum Gasteiger partial charge on any atom is -0.501 e. The third-order valence-corrected chi connectivity index (χ3v) is 1.26. The maximum Gasteiger partial charge on any atom is 0.330 e. The molecule has 11 heavy (non-hydrogen) atoms. The molecule has 62 valence electrons. The van der Waals surface area contributed by atoms with Gasteiger partial charge in [-0.3, -0.25) is 0 Å². The molecule has 0 aromatic rings. The molecule has 0 rings (SSSR count). The molecule has 0 aliphatic heterocycles. The van der Waals surface area contributed by atoms with Crippen molar-refractivity contribution in [3.8, 4) is 0 Å². The van der Waals surface area contributed by atoms with E-state index in [1.54, 1.807) is 6.08 Å². The minimum atomic E-state index is -0.908. The van der Waals surface area contributed by atoms with Crippen molar-refractivity contribution in [3.63, 3.8) is 0 Å². The van der Waals surface area contributed by atoms with E-state index >= 15 is 0 Å². The summed E-state index contributed by atoms with van der Waals surface area (Å²) in [5.74, 6) is -0.348. The molecule has 1 N–H and O–H groups in total. The van der Waals surface area contributed by atoms with Gasteiger partial charge in [0.15, 0.2) is 0 Å². The molecule has 0 unspecified atom stereocenters. The van der Waals surface area contributed by atoms with Crippen LogP contribution in [0.3, 0.4) is 0 Å². The summed E-state index contributed by atoms with van der Waals surface area (Å²) in [5, 5.41) is 8.43. The third kappa shape index (κ3) is 4.19. The van der Waals surface area contributed by atoms with Gasteiger partial charge in [-0.25, -0.2) is 4.79 Å². The summed E-state index contributed by atoms with van der Waals surface area (Å²) in [6.45, 7) is 5.08. The second kappa shape index (κ2) is 4.55. The van der Waals surface area contributed by atoms with E-state index in [1.165, 1.54) is 14.0 Å². The largest absolute Gasteiger partial charge is 0.501 e. The molecule has 0 aromatic heterocycles.